The average Bonchev–Trinajstić information content (AvgIpc) is 3.04. The van der Waals surface area contributed by atoms with Gasteiger partial charge in [-0.2, -0.15) is 0 Å². The monoisotopic (exact) mass is 325 g/mol. The van der Waals surface area contributed by atoms with Crippen LogP contribution >= 0.6 is 0 Å². The van der Waals surface area contributed by atoms with Gasteiger partial charge in [-0.3, -0.25) is 9.69 Å². The van der Waals surface area contributed by atoms with Crippen molar-refractivity contribution >= 4 is 17.3 Å². The molecule has 3 rings (SSSR count). The molecule has 1 aliphatic rings. The first-order valence-electron chi connectivity index (χ1n) is 8.20. The molecule has 1 unspecified atom stereocenters. The summed E-state index contributed by atoms with van der Waals surface area (Å²) in [5, 5.41) is 2.98. The third kappa shape index (κ3) is 3.68. The van der Waals surface area contributed by atoms with Gasteiger partial charge in [0.25, 0.3) is 0 Å². The van der Waals surface area contributed by atoms with Gasteiger partial charge in [-0.15, -0.1) is 0 Å². The lowest BCUT2D eigenvalue weighted by atomic mass is 10.1. The highest BCUT2D eigenvalue weighted by Crippen LogP contribution is 2.26. The summed E-state index contributed by atoms with van der Waals surface area (Å²) in [6, 6.07) is 15.5. The van der Waals surface area contributed by atoms with Crippen molar-refractivity contribution in [3.05, 3.63) is 54.1 Å². The molecule has 5 nitrogen and oxygen atoms in total. The predicted molar refractivity (Wildman–Crippen MR) is 95.9 cm³/mol. The standard InChI is InChI=1S/C19H23N3O2/c1-24-18-10-9-15(12-16(18)20)21-19(23)17-8-5-11-22(17)13-14-6-3-2-4-7-14/h2-4,6-7,9-10,12,17H,5,8,11,13,20H2,1H3,(H,21,23). The number of hydrogen-bond donors (Lipinski definition) is 2. The number of nitrogens with two attached hydrogens (primary N) is 1. The lowest BCUT2D eigenvalue weighted by molar-refractivity contribution is -0.120. The van der Waals surface area contributed by atoms with E-state index in [1.807, 2.05) is 24.3 Å². The molecule has 126 valence electrons. The van der Waals surface area contributed by atoms with Crippen LogP contribution in [0.1, 0.15) is 18.4 Å². The molecule has 0 aromatic heterocycles. The lowest BCUT2D eigenvalue weighted by Crippen LogP contribution is -2.39. The van der Waals surface area contributed by atoms with Gasteiger partial charge in [0.05, 0.1) is 18.8 Å². The number of nitrogens with zero attached hydrogens (tertiary/aromatic N) is 1. The fourth-order valence-corrected chi connectivity index (χ4v) is 3.17. The van der Waals surface area contributed by atoms with Crippen LogP contribution in [0.25, 0.3) is 0 Å². The maximum atomic E-state index is 12.7. The van der Waals surface area contributed by atoms with Crippen LogP contribution in [0.3, 0.4) is 0 Å². The Morgan fingerprint density at radius 3 is 2.79 bits per heavy atom. The molecule has 1 heterocycles. The minimum atomic E-state index is -0.103. The Kier molecular flexibility index (Phi) is 5.01. The molecular formula is C19H23N3O2. The van der Waals surface area contributed by atoms with Crippen molar-refractivity contribution in [2.75, 3.05) is 24.7 Å². The molecule has 1 amide bonds. The summed E-state index contributed by atoms with van der Waals surface area (Å²) in [5.41, 5.74) is 8.35. The van der Waals surface area contributed by atoms with Gasteiger partial charge < -0.3 is 15.8 Å². The van der Waals surface area contributed by atoms with E-state index in [2.05, 4.69) is 22.3 Å². The van der Waals surface area contributed by atoms with E-state index in [1.54, 1.807) is 19.2 Å². The lowest BCUT2D eigenvalue weighted by Gasteiger charge is -2.23. The van der Waals surface area contributed by atoms with E-state index < -0.39 is 0 Å². The number of carbonyl (C=O) groups excluding carboxylic acids is 1. The zero-order chi connectivity index (χ0) is 16.9. The van der Waals surface area contributed by atoms with Crippen LogP contribution in [0.5, 0.6) is 5.75 Å². The summed E-state index contributed by atoms with van der Waals surface area (Å²) in [6.07, 6.45) is 1.92. The molecule has 1 saturated heterocycles. The maximum absolute atomic E-state index is 12.7. The molecule has 0 spiro atoms. The number of hydrogen-bond acceptors (Lipinski definition) is 4. The Labute approximate surface area is 142 Å². The number of nitrogens with one attached hydrogen (secondary N) is 1. The highest BCUT2D eigenvalue weighted by atomic mass is 16.5. The normalized spacial score (nSPS) is 17.6. The molecule has 5 heteroatoms. The number of benzene rings is 2. The third-order valence-electron chi connectivity index (χ3n) is 4.39. The fourth-order valence-electron chi connectivity index (χ4n) is 3.17. The number of carbonyl (C=O) groups is 1. The molecule has 0 radical (unpaired) electrons. The largest absolute Gasteiger partial charge is 0.495 e. The van der Waals surface area contributed by atoms with Gasteiger partial charge in [-0.1, -0.05) is 30.3 Å². The highest BCUT2D eigenvalue weighted by Gasteiger charge is 2.30. The topological polar surface area (TPSA) is 67.6 Å². The number of likely N-dealkylation sites (tertiary alicyclic amines) is 1. The third-order valence-corrected chi connectivity index (χ3v) is 4.39. The smallest absolute Gasteiger partial charge is 0.241 e. The Balaban J connectivity index is 1.66. The van der Waals surface area contributed by atoms with Crippen molar-refractivity contribution < 1.29 is 9.53 Å². The molecule has 1 fully saturated rings. The van der Waals surface area contributed by atoms with Crippen molar-refractivity contribution in [3.8, 4) is 5.75 Å². The molecular weight excluding hydrogens is 302 g/mol. The van der Waals surface area contributed by atoms with Crippen molar-refractivity contribution in [3.63, 3.8) is 0 Å². The molecule has 1 aliphatic heterocycles. The first kappa shape index (κ1) is 16.3. The molecule has 0 saturated carbocycles. The van der Waals surface area contributed by atoms with Gasteiger partial charge in [0.15, 0.2) is 0 Å². The number of anilines is 2. The summed E-state index contributed by atoms with van der Waals surface area (Å²) >= 11 is 0. The molecule has 24 heavy (non-hydrogen) atoms. The van der Waals surface area contributed by atoms with E-state index in [-0.39, 0.29) is 11.9 Å². The number of methoxy groups -OCH3 is 1. The van der Waals surface area contributed by atoms with E-state index in [1.165, 1.54) is 5.56 Å². The van der Waals surface area contributed by atoms with Gasteiger partial charge in [0.2, 0.25) is 5.91 Å². The Bertz CT molecular complexity index is 703. The summed E-state index contributed by atoms with van der Waals surface area (Å²) in [6.45, 7) is 1.74. The summed E-state index contributed by atoms with van der Waals surface area (Å²) in [4.78, 5) is 14.9. The van der Waals surface area contributed by atoms with Gasteiger partial charge in [0.1, 0.15) is 5.75 Å². The van der Waals surface area contributed by atoms with Crippen LogP contribution in [0, 0.1) is 0 Å². The van der Waals surface area contributed by atoms with Crippen molar-refractivity contribution in [1.29, 1.82) is 0 Å². The zero-order valence-corrected chi connectivity index (χ0v) is 13.9. The van der Waals surface area contributed by atoms with Gasteiger partial charge in [0, 0.05) is 12.2 Å². The highest BCUT2D eigenvalue weighted by molar-refractivity contribution is 5.95. The van der Waals surface area contributed by atoms with E-state index in [9.17, 15) is 4.79 Å². The average molecular weight is 325 g/mol. The Morgan fingerprint density at radius 2 is 2.08 bits per heavy atom. The van der Waals surface area contributed by atoms with E-state index in [4.69, 9.17) is 10.5 Å². The van der Waals surface area contributed by atoms with Crippen LogP contribution in [-0.2, 0) is 11.3 Å². The summed E-state index contributed by atoms with van der Waals surface area (Å²) < 4.78 is 5.14. The van der Waals surface area contributed by atoms with Crippen molar-refractivity contribution in [2.45, 2.75) is 25.4 Å². The zero-order valence-electron chi connectivity index (χ0n) is 13.9. The number of amides is 1. The molecule has 3 N–H and O–H groups in total. The maximum Gasteiger partial charge on any atom is 0.241 e. The van der Waals surface area contributed by atoms with Gasteiger partial charge in [-0.05, 0) is 43.1 Å². The predicted octanol–water partition coefficient (Wildman–Crippen LogP) is 2.88. The quantitative estimate of drug-likeness (QED) is 0.830. The fraction of sp³-hybridized carbons (Fsp3) is 0.316. The molecule has 0 aliphatic carbocycles. The van der Waals surface area contributed by atoms with Crippen LogP contribution in [0.2, 0.25) is 0 Å². The number of rotatable bonds is 5. The summed E-state index contributed by atoms with van der Waals surface area (Å²) in [5.74, 6) is 0.632. The molecule has 2 aromatic rings. The van der Waals surface area contributed by atoms with Crippen LogP contribution in [-0.4, -0.2) is 30.5 Å². The second kappa shape index (κ2) is 7.36. The first-order chi connectivity index (χ1) is 11.7. The van der Waals surface area contributed by atoms with Gasteiger partial charge in [-0.25, -0.2) is 0 Å². The number of nitrogen functional groups attached to an aromatic ring is 1. The van der Waals surface area contributed by atoms with E-state index in [0.29, 0.717) is 17.1 Å². The second-order valence-corrected chi connectivity index (χ2v) is 6.06. The Hall–Kier alpha value is -2.53. The minimum absolute atomic E-state index is 0.0213. The van der Waals surface area contributed by atoms with Crippen LogP contribution < -0.4 is 15.8 Å². The van der Waals surface area contributed by atoms with Crippen LogP contribution in [0.15, 0.2) is 48.5 Å². The van der Waals surface area contributed by atoms with Gasteiger partial charge >= 0.3 is 0 Å². The van der Waals surface area contributed by atoms with Crippen LogP contribution in [0.4, 0.5) is 11.4 Å². The Morgan fingerprint density at radius 1 is 1.29 bits per heavy atom. The van der Waals surface area contributed by atoms with Crippen molar-refractivity contribution in [1.82, 2.24) is 4.90 Å². The summed E-state index contributed by atoms with van der Waals surface area (Å²) in [7, 11) is 1.57. The van der Waals surface area contributed by atoms with E-state index >= 15 is 0 Å². The molecule has 2 aromatic carbocycles. The van der Waals surface area contributed by atoms with Crippen molar-refractivity contribution in [2.24, 2.45) is 0 Å². The molecule has 1 atom stereocenters. The minimum Gasteiger partial charge on any atom is -0.495 e. The number of ether oxygens (including phenoxy) is 1. The molecule has 0 bridgehead atoms. The second-order valence-electron chi connectivity index (χ2n) is 6.06. The SMILES string of the molecule is COc1ccc(NC(=O)C2CCCN2Cc2ccccc2)cc1N. The first-order valence-corrected chi connectivity index (χ1v) is 8.20. The van der Waals surface area contributed by atoms with E-state index in [0.717, 1.165) is 25.9 Å².